The molecule has 1 amide bonds. The Hall–Kier alpha value is -1.30. The Balaban J connectivity index is 2.07. The number of hydrogen-bond donors (Lipinski definition) is 1. The van der Waals surface area contributed by atoms with Crippen molar-refractivity contribution in [1.29, 1.82) is 0 Å². The number of piperazine rings is 1. The van der Waals surface area contributed by atoms with Crippen molar-refractivity contribution in [3.05, 3.63) is 28.8 Å². The largest absolute Gasteiger partial charge is 0.490 e. The summed E-state index contributed by atoms with van der Waals surface area (Å²) in [6, 6.07) is 5.15. The predicted molar refractivity (Wildman–Crippen MR) is 91.2 cm³/mol. The first-order valence-electron chi connectivity index (χ1n) is 8.02. The van der Waals surface area contributed by atoms with E-state index in [9.17, 15) is 9.90 Å². The first kappa shape index (κ1) is 18.0. The average Bonchev–Trinajstić information content (AvgIpc) is 2.48. The Labute approximate surface area is 142 Å². The van der Waals surface area contributed by atoms with Crippen molar-refractivity contribution in [2.45, 2.75) is 33.0 Å². The topological polar surface area (TPSA) is 53.0 Å². The molecule has 1 saturated heterocycles. The maximum absolute atomic E-state index is 12.8. The molecule has 0 aliphatic carbocycles. The molecule has 0 unspecified atom stereocenters. The molecule has 1 fully saturated rings. The van der Waals surface area contributed by atoms with Crippen molar-refractivity contribution in [2.24, 2.45) is 0 Å². The highest BCUT2D eigenvalue weighted by Crippen LogP contribution is 2.26. The van der Waals surface area contributed by atoms with E-state index in [1.807, 2.05) is 18.7 Å². The SMILES string of the molecule is CC(C)Oc1ccc(Cl)cc1C(=O)N1CCN(C[C@@H](C)O)CC1. The summed E-state index contributed by atoms with van der Waals surface area (Å²) < 4.78 is 5.74. The molecule has 23 heavy (non-hydrogen) atoms. The normalized spacial score (nSPS) is 17.4. The smallest absolute Gasteiger partial charge is 0.257 e. The van der Waals surface area contributed by atoms with Crippen LogP contribution in [0.25, 0.3) is 0 Å². The molecule has 1 aliphatic rings. The van der Waals surface area contributed by atoms with Crippen molar-refractivity contribution >= 4 is 17.5 Å². The van der Waals surface area contributed by atoms with Crippen LogP contribution < -0.4 is 4.74 Å². The molecular weight excluding hydrogens is 316 g/mol. The lowest BCUT2D eigenvalue weighted by Crippen LogP contribution is -2.50. The van der Waals surface area contributed by atoms with E-state index in [0.29, 0.717) is 36.0 Å². The minimum Gasteiger partial charge on any atom is -0.490 e. The molecule has 1 N–H and O–H groups in total. The van der Waals surface area contributed by atoms with E-state index in [2.05, 4.69) is 4.90 Å². The molecule has 128 valence electrons. The number of benzene rings is 1. The summed E-state index contributed by atoms with van der Waals surface area (Å²) >= 11 is 6.05. The summed E-state index contributed by atoms with van der Waals surface area (Å²) in [4.78, 5) is 16.8. The molecule has 0 aromatic heterocycles. The van der Waals surface area contributed by atoms with Crippen LogP contribution in [-0.4, -0.2) is 65.7 Å². The van der Waals surface area contributed by atoms with Gasteiger partial charge in [-0.25, -0.2) is 0 Å². The standard InChI is InChI=1S/C17H25ClN2O3/c1-12(2)23-16-5-4-14(18)10-15(16)17(22)20-8-6-19(7-9-20)11-13(3)21/h4-5,10,12-13,21H,6-9,11H2,1-3H3/t13-/m1/s1. The molecule has 5 nitrogen and oxygen atoms in total. The Morgan fingerprint density at radius 2 is 1.91 bits per heavy atom. The van der Waals surface area contributed by atoms with Crippen LogP contribution in [0.1, 0.15) is 31.1 Å². The van der Waals surface area contributed by atoms with Crippen LogP contribution in [-0.2, 0) is 0 Å². The lowest BCUT2D eigenvalue weighted by Gasteiger charge is -2.35. The van der Waals surface area contributed by atoms with Crippen LogP contribution in [0.15, 0.2) is 18.2 Å². The molecule has 1 aliphatic heterocycles. The number of nitrogens with zero attached hydrogens (tertiary/aromatic N) is 2. The van der Waals surface area contributed by atoms with Gasteiger partial charge in [0.15, 0.2) is 0 Å². The van der Waals surface area contributed by atoms with Gasteiger partial charge in [0.2, 0.25) is 0 Å². The molecule has 1 atom stereocenters. The van der Waals surface area contributed by atoms with Gasteiger partial charge in [0.1, 0.15) is 5.75 Å². The fourth-order valence-electron chi connectivity index (χ4n) is 2.70. The number of rotatable bonds is 5. The minimum atomic E-state index is -0.351. The second-order valence-corrected chi connectivity index (χ2v) is 6.69. The first-order chi connectivity index (χ1) is 10.9. The zero-order chi connectivity index (χ0) is 17.0. The highest BCUT2D eigenvalue weighted by molar-refractivity contribution is 6.31. The van der Waals surface area contributed by atoms with Gasteiger partial charge in [-0.3, -0.25) is 9.69 Å². The maximum Gasteiger partial charge on any atom is 0.257 e. The zero-order valence-corrected chi connectivity index (χ0v) is 14.7. The van der Waals surface area contributed by atoms with Gasteiger partial charge in [0, 0.05) is 37.7 Å². The van der Waals surface area contributed by atoms with Gasteiger partial charge < -0.3 is 14.7 Å². The van der Waals surface area contributed by atoms with Gasteiger partial charge in [0.25, 0.3) is 5.91 Å². The molecule has 0 spiro atoms. The summed E-state index contributed by atoms with van der Waals surface area (Å²) in [5.74, 6) is 0.514. The molecule has 1 aromatic carbocycles. The highest BCUT2D eigenvalue weighted by Gasteiger charge is 2.25. The second kappa shape index (κ2) is 7.99. The van der Waals surface area contributed by atoms with Gasteiger partial charge in [0.05, 0.1) is 17.8 Å². The lowest BCUT2D eigenvalue weighted by molar-refractivity contribution is 0.0549. The summed E-state index contributed by atoms with van der Waals surface area (Å²) in [6.07, 6.45) is -0.359. The van der Waals surface area contributed by atoms with Crippen molar-refractivity contribution in [3.63, 3.8) is 0 Å². The number of carbonyl (C=O) groups is 1. The molecule has 0 bridgehead atoms. The van der Waals surface area contributed by atoms with Crippen molar-refractivity contribution in [3.8, 4) is 5.75 Å². The van der Waals surface area contributed by atoms with E-state index in [4.69, 9.17) is 16.3 Å². The number of halogens is 1. The zero-order valence-electron chi connectivity index (χ0n) is 14.0. The third-order valence-electron chi connectivity index (χ3n) is 3.72. The Bertz CT molecular complexity index is 541. The molecule has 0 saturated carbocycles. The van der Waals surface area contributed by atoms with Crippen LogP contribution in [0, 0.1) is 0 Å². The Morgan fingerprint density at radius 3 is 2.48 bits per heavy atom. The molecule has 0 radical (unpaired) electrons. The number of aliphatic hydroxyl groups is 1. The number of β-amino-alcohol motifs (C(OH)–C–C–N with tert-alkyl or cyclic N) is 1. The Morgan fingerprint density at radius 1 is 1.26 bits per heavy atom. The first-order valence-corrected chi connectivity index (χ1v) is 8.40. The van der Waals surface area contributed by atoms with Gasteiger partial charge >= 0.3 is 0 Å². The predicted octanol–water partition coefficient (Wildman–Crippen LogP) is 2.27. The molecule has 2 rings (SSSR count). The number of hydrogen-bond acceptors (Lipinski definition) is 4. The van der Waals surface area contributed by atoms with Crippen LogP contribution in [0.3, 0.4) is 0 Å². The van der Waals surface area contributed by atoms with Gasteiger partial charge in [-0.2, -0.15) is 0 Å². The number of carbonyl (C=O) groups excluding carboxylic acids is 1. The monoisotopic (exact) mass is 340 g/mol. The van der Waals surface area contributed by atoms with Gasteiger partial charge in [-0.05, 0) is 39.0 Å². The van der Waals surface area contributed by atoms with Crippen molar-refractivity contribution in [2.75, 3.05) is 32.7 Å². The molecular formula is C17H25ClN2O3. The third-order valence-corrected chi connectivity index (χ3v) is 3.95. The molecule has 6 heteroatoms. The third kappa shape index (κ3) is 5.09. The van der Waals surface area contributed by atoms with E-state index >= 15 is 0 Å². The van der Waals surface area contributed by atoms with E-state index in [-0.39, 0.29) is 18.1 Å². The number of ether oxygens (including phenoxy) is 1. The van der Waals surface area contributed by atoms with Crippen molar-refractivity contribution < 1.29 is 14.6 Å². The summed E-state index contributed by atoms with van der Waals surface area (Å²) in [5.41, 5.74) is 0.509. The summed E-state index contributed by atoms with van der Waals surface area (Å²) in [7, 11) is 0. The molecule has 1 aromatic rings. The second-order valence-electron chi connectivity index (χ2n) is 6.25. The Kier molecular flexibility index (Phi) is 6.27. The molecule has 1 heterocycles. The summed E-state index contributed by atoms with van der Waals surface area (Å²) in [5, 5.41) is 9.98. The van der Waals surface area contributed by atoms with Crippen LogP contribution in [0.5, 0.6) is 5.75 Å². The number of aliphatic hydroxyl groups excluding tert-OH is 1. The van der Waals surface area contributed by atoms with Crippen LogP contribution in [0.4, 0.5) is 0 Å². The van der Waals surface area contributed by atoms with Gasteiger partial charge in [-0.1, -0.05) is 11.6 Å². The van der Waals surface area contributed by atoms with Crippen LogP contribution in [0.2, 0.25) is 5.02 Å². The average molecular weight is 341 g/mol. The maximum atomic E-state index is 12.8. The van der Waals surface area contributed by atoms with E-state index in [1.54, 1.807) is 25.1 Å². The minimum absolute atomic E-state index is 0.00869. The fourth-order valence-corrected chi connectivity index (χ4v) is 2.88. The van der Waals surface area contributed by atoms with E-state index in [0.717, 1.165) is 13.1 Å². The van der Waals surface area contributed by atoms with Crippen molar-refractivity contribution in [1.82, 2.24) is 9.80 Å². The summed E-state index contributed by atoms with van der Waals surface area (Å²) in [6.45, 7) is 9.07. The highest BCUT2D eigenvalue weighted by atomic mass is 35.5. The van der Waals surface area contributed by atoms with E-state index < -0.39 is 0 Å². The van der Waals surface area contributed by atoms with Gasteiger partial charge in [-0.15, -0.1) is 0 Å². The number of amides is 1. The fraction of sp³-hybridized carbons (Fsp3) is 0.588. The quantitative estimate of drug-likeness (QED) is 0.893. The van der Waals surface area contributed by atoms with Crippen LogP contribution >= 0.6 is 11.6 Å². The van der Waals surface area contributed by atoms with E-state index in [1.165, 1.54) is 0 Å². The lowest BCUT2D eigenvalue weighted by atomic mass is 10.1.